The number of fused-ring (bicyclic) bond motifs is 1. The Labute approximate surface area is 123 Å². The van der Waals surface area contributed by atoms with Gasteiger partial charge >= 0.3 is 0 Å². The van der Waals surface area contributed by atoms with Crippen LogP contribution in [-0.2, 0) is 0 Å². The quantitative estimate of drug-likeness (QED) is 0.766. The Morgan fingerprint density at radius 3 is 2.89 bits per heavy atom. The molecule has 0 aromatic heterocycles. The summed E-state index contributed by atoms with van der Waals surface area (Å²) in [6, 6.07) is 6.31. The van der Waals surface area contributed by atoms with Crippen molar-refractivity contribution >= 4 is 15.9 Å². The van der Waals surface area contributed by atoms with Gasteiger partial charge in [0.15, 0.2) is 0 Å². The lowest BCUT2D eigenvalue weighted by Gasteiger charge is -2.49. The van der Waals surface area contributed by atoms with Crippen LogP contribution in [-0.4, -0.2) is 5.60 Å². The molecule has 3 rings (SSSR count). The van der Waals surface area contributed by atoms with E-state index in [1.807, 2.05) is 6.07 Å². The lowest BCUT2D eigenvalue weighted by Crippen LogP contribution is -2.50. The van der Waals surface area contributed by atoms with Gasteiger partial charge in [-0.15, -0.1) is 0 Å². The molecule has 4 atom stereocenters. The van der Waals surface area contributed by atoms with Gasteiger partial charge in [-0.25, -0.2) is 0 Å². The van der Waals surface area contributed by atoms with E-state index in [9.17, 15) is 0 Å². The Morgan fingerprint density at radius 2 is 2.16 bits per heavy atom. The summed E-state index contributed by atoms with van der Waals surface area (Å²) in [5.41, 5.74) is 7.51. The summed E-state index contributed by atoms with van der Waals surface area (Å²) >= 11 is 3.53. The summed E-state index contributed by atoms with van der Waals surface area (Å²) in [5.74, 6) is 2.37. The van der Waals surface area contributed by atoms with Crippen LogP contribution < -0.4 is 10.5 Å². The molecule has 0 saturated heterocycles. The third-order valence-electron chi connectivity index (χ3n) is 4.97. The van der Waals surface area contributed by atoms with Crippen molar-refractivity contribution in [2.24, 2.45) is 17.6 Å². The van der Waals surface area contributed by atoms with Gasteiger partial charge in [0, 0.05) is 22.5 Å². The van der Waals surface area contributed by atoms with Crippen LogP contribution in [0.15, 0.2) is 22.7 Å². The van der Waals surface area contributed by atoms with Gasteiger partial charge in [0.25, 0.3) is 0 Å². The first-order chi connectivity index (χ1) is 9.00. The van der Waals surface area contributed by atoms with Crippen LogP contribution >= 0.6 is 15.9 Å². The molecule has 1 heterocycles. The van der Waals surface area contributed by atoms with Crippen LogP contribution in [0.4, 0.5) is 0 Å². The molecule has 104 valence electrons. The summed E-state index contributed by atoms with van der Waals surface area (Å²) in [7, 11) is 0. The molecule has 1 aliphatic heterocycles. The Morgan fingerprint density at radius 1 is 1.37 bits per heavy atom. The molecular formula is C16H22BrNO. The molecule has 3 unspecified atom stereocenters. The minimum absolute atomic E-state index is 0.0419. The fourth-order valence-electron chi connectivity index (χ4n) is 3.77. The summed E-state index contributed by atoms with van der Waals surface area (Å²) < 4.78 is 7.52. The summed E-state index contributed by atoms with van der Waals surface area (Å²) in [5, 5.41) is 0. The van der Waals surface area contributed by atoms with E-state index >= 15 is 0 Å². The molecular weight excluding hydrogens is 302 g/mol. The Hall–Kier alpha value is -0.540. The van der Waals surface area contributed by atoms with E-state index in [1.165, 1.54) is 12.8 Å². The van der Waals surface area contributed by atoms with Crippen molar-refractivity contribution in [2.75, 3.05) is 0 Å². The summed E-state index contributed by atoms with van der Waals surface area (Å²) in [6.07, 6.45) is 4.58. The fraction of sp³-hybridized carbons (Fsp3) is 0.625. The van der Waals surface area contributed by atoms with Gasteiger partial charge in [0.1, 0.15) is 11.4 Å². The van der Waals surface area contributed by atoms with Gasteiger partial charge in [-0.05, 0) is 43.2 Å². The number of nitrogens with two attached hydrogens (primary N) is 1. The molecule has 1 aromatic rings. The highest BCUT2D eigenvalue weighted by Crippen LogP contribution is 2.49. The van der Waals surface area contributed by atoms with Gasteiger partial charge in [0.05, 0.1) is 0 Å². The highest BCUT2D eigenvalue weighted by Gasteiger charge is 2.46. The number of halogens is 1. The second kappa shape index (κ2) is 4.78. The largest absolute Gasteiger partial charge is 0.487 e. The zero-order chi connectivity index (χ0) is 13.6. The average Bonchev–Trinajstić information content (AvgIpc) is 2.34. The van der Waals surface area contributed by atoms with E-state index in [1.54, 1.807) is 0 Å². The molecule has 1 spiro atoms. The van der Waals surface area contributed by atoms with E-state index in [4.69, 9.17) is 10.5 Å². The Kier molecular flexibility index (Phi) is 3.38. The maximum atomic E-state index is 6.46. The molecule has 19 heavy (non-hydrogen) atoms. The number of rotatable bonds is 0. The molecule has 1 aromatic carbocycles. The number of ether oxygens (including phenoxy) is 1. The molecule has 2 N–H and O–H groups in total. The lowest BCUT2D eigenvalue weighted by atomic mass is 9.68. The SMILES string of the molecule is CC1CCC2(C[C@H](N)c3ccc(Br)cc3O2)C(C)C1. The smallest absolute Gasteiger partial charge is 0.126 e. The maximum Gasteiger partial charge on any atom is 0.126 e. The molecule has 2 aliphatic rings. The molecule has 0 radical (unpaired) electrons. The minimum Gasteiger partial charge on any atom is -0.487 e. The third-order valence-corrected chi connectivity index (χ3v) is 5.46. The summed E-state index contributed by atoms with van der Waals surface area (Å²) in [4.78, 5) is 0. The van der Waals surface area contributed by atoms with Crippen LogP contribution in [0.2, 0.25) is 0 Å². The first kappa shape index (κ1) is 13.4. The van der Waals surface area contributed by atoms with Crippen LogP contribution in [0.5, 0.6) is 5.75 Å². The molecule has 0 bridgehead atoms. The van der Waals surface area contributed by atoms with Gasteiger partial charge < -0.3 is 10.5 Å². The Balaban J connectivity index is 1.95. The first-order valence-electron chi connectivity index (χ1n) is 7.24. The van der Waals surface area contributed by atoms with Crippen molar-refractivity contribution in [3.63, 3.8) is 0 Å². The van der Waals surface area contributed by atoms with Crippen molar-refractivity contribution in [2.45, 2.75) is 51.2 Å². The molecule has 0 amide bonds. The second-order valence-electron chi connectivity index (χ2n) is 6.44. The normalized spacial score (nSPS) is 37.8. The maximum absolute atomic E-state index is 6.46. The van der Waals surface area contributed by atoms with E-state index in [0.29, 0.717) is 5.92 Å². The van der Waals surface area contributed by atoms with Crippen molar-refractivity contribution in [1.29, 1.82) is 0 Å². The van der Waals surface area contributed by atoms with E-state index in [0.717, 1.165) is 34.5 Å². The fourth-order valence-corrected chi connectivity index (χ4v) is 4.11. The van der Waals surface area contributed by atoms with Crippen LogP contribution in [0.3, 0.4) is 0 Å². The van der Waals surface area contributed by atoms with Crippen molar-refractivity contribution in [1.82, 2.24) is 0 Å². The topological polar surface area (TPSA) is 35.2 Å². The lowest BCUT2D eigenvalue weighted by molar-refractivity contribution is -0.0519. The van der Waals surface area contributed by atoms with Gasteiger partial charge in [-0.3, -0.25) is 0 Å². The minimum atomic E-state index is -0.0419. The third kappa shape index (κ3) is 2.31. The summed E-state index contributed by atoms with van der Waals surface area (Å²) in [6.45, 7) is 4.67. The van der Waals surface area contributed by atoms with Crippen molar-refractivity contribution < 1.29 is 4.74 Å². The van der Waals surface area contributed by atoms with Crippen molar-refractivity contribution in [3.8, 4) is 5.75 Å². The zero-order valence-corrected chi connectivity index (χ0v) is 13.2. The highest BCUT2D eigenvalue weighted by atomic mass is 79.9. The van der Waals surface area contributed by atoms with E-state index < -0.39 is 0 Å². The second-order valence-corrected chi connectivity index (χ2v) is 7.36. The average molecular weight is 324 g/mol. The molecule has 1 fully saturated rings. The van der Waals surface area contributed by atoms with Crippen LogP contribution in [0.1, 0.15) is 51.1 Å². The van der Waals surface area contributed by atoms with Gasteiger partial charge in [0.2, 0.25) is 0 Å². The molecule has 2 nitrogen and oxygen atoms in total. The van der Waals surface area contributed by atoms with Crippen LogP contribution in [0, 0.1) is 11.8 Å². The molecule has 1 saturated carbocycles. The van der Waals surface area contributed by atoms with Crippen molar-refractivity contribution in [3.05, 3.63) is 28.2 Å². The first-order valence-corrected chi connectivity index (χ1v) is 8.03. The number of hydrogen-bond acceptors (Lipinski definition) is 2. The predicted octanol–water partition coefficient (Wildman–Crippen LogP) is 4.43. The molecule has 1 aliphatic carbocycles. The van der Waals surface area contributed by atoms with Crippen LogP contribution in [0.25, 0.3) is 0 Å². The number of hydrogen-bond donors (Lipinski definition) is 1. The monoisotopic (exact) mass is 323 g/mol. The van der Waals surface area contributed by atoms with E-state index in [2.05, 4.69) is 41.9 Å². The molecule has 3 heteroatoms. The number of benzene rings is 1. The standard InChI is InChI=1S/C16H22BrNO/c1-10-5-6-16(11(2)7-10)9-14(18)13-4-3-12(17)8-15(13)19-16/h3-4,8,10-11,14H,5-7,9,18H2,1-2H3/t10?,11?,14-,16?/m0/s1. The zero-order valence-electron chi connectivity index (χ0n) is 11.7. The van der Waals surface area contributed by atoms with Gasteiger partial charge in [-0.2, -0.15) is 0 Å². The van der Waals surface area contributed by atoms with E-state index in [-0.39, 0.29) is 11.6 Å². The highest BCUT2D eigenvalue weighted by molar-refractivity contribution is 9.10. The Bertz CT molecular complexity index is 490. The predicted molar refractivity (Wildman–Crippen MR) is 81.2 cm³/mol. The van der Waals surface area contributed by atoms with Gasteiger partial charge in [-0.1, -0.05) is 35.8 Å².